The standard InChI is InChI=1S/C9H8F4N2OS/c1-4-2-7(16-9(11,12)13)5(10)3-6(4)15-8(14)17/h2-3H,1H3,(H3,14,15,17). The molecule has 17 heavy (non-hydrogen) atoms. The fraction of sp³-hybridized carbons (Fsp3) is 0.222. The van der Waals surface area contributed by atoms with E-state index in [1.807, 2.05) is 0 Å². The van der Waals surface area contributed by atoms with Gasteiger partial charge in [0.15, 0.2) is 16.7 Å². The molecular formula is C9H8F4N2OS. The number of alkyl halides is 3. The average Bonchev–Trinajstić information content (AvgIpc) is 2.10. The maximum atomic E-state index is 13.3. The molecule has 0 heterocycles. The molecule has 0 bridgehead atoms. The second-order valence-electron chi connectivity index (χ2n) is 3.13. The van der Waals surface area contributed by atoms with Crippen LogP contribution in [0.15, 0.2) is 12.1 Å². The summed E-state index contributed by atoms with van der Waals surface area (Å²) in [4.78, 5) is 0. The Hall–Kier alpha value is -1.57. The summed E-state index contributed by atoms with van der Waals surface area (Å²) in [6, 6.07) is 1.74. The Kier molecular flexibility index (Phi) is 3.76. The number of nitrogens with one attached hydrogen (secondary N) is 1. The van der Waals surface area contributed by atoms with Crippen molar-refractivity contribution in [2.45, 2.75) is 13.3 Å². The van der Waals surface area contributed by atoms with Gasteiger partial charge in [0.2, 0.25) is 0 Å². The molecule has 0 spiro atoms. The van der Waals surface area contributed by atoms with Crippen LogP contribution in [-0.4, -0.2) is 11.5 Å². The monoisotopic (exact) mass is 268 g/mol. The van der Waals surface area contributed by atoms with E-state index in [0.29, 0.717) is 5.56 Å². The van der Waals surface area contributed by atoms with E-state index >= 15 is 0 Å². The molecule has 94 valence electrons. The number of anilines is 1. The van der Waals surface area contributed by atoms with E-state index in [4.69, 9.17) is 5.73 Å². The second-order valence-corrected chi connectivity index (χ2v) is 3.57. The van der Waals surface area contributed by atoms with Crippen molar-refractivity contribution in [3.63, 3.8) is 0 Å². The van der Waals surface area contributed by atoms with Crippen molar-refractivity contribution in [2.75, 3.05) is 5.32 Å². The number of rotatable bonds is 2. The molecule has 0 aliphatic carbocycles. The minimum absolute atomic E-state index is 0.114. The molecule has 0 aromatic heterocycles. The molecule has 0 fully saturated rings. The second kappa shape index (κ2) is 4.74. The summed E-state index contributed by atoms with van der Waals surface area (Å²) in [5.41, 5.74) is 5.67. The van der Waals surface area contributed by atoms with Gasteiger partial charge < -0.3 is 15.8 Å². The fourth-order valence-electron chi connectivity index (χ4n) is 1.13. The molecule has 0 amide bonds. The zero-order valence-corrected chi connectivity index (χ0v) is 9.38. The van der Waals surface area contributed by atoms with Gasteiger partial charge in [-0.15, -0.1) is 13.2 Å². The number of nitrogens with two attached hydrogens (primary N) is 1. The highest BCUT2D eigenvalue weighted by Crippen LogP contribution is 2.29. The summed E-state index contributed by atoms with van der Waals surface area (Å²) in [6.45, 7) is 1.46. The van der Waals surface area contributed by atoms with Gasteiger partial charge >= 0.3 is 6.36 Å². The predicted octanol–water partition coefficient (Wildman–Crippen LogP) is 2.69. The number of hydrogen-bond acceptors (Lipinski definition) is 2. The Labute approximate surface area is 99.6 Å². The van der Waals surface area contributed by atoms with Crippen molar-refractivity contribution in [1.82, 2.24) is 0 Å². The third kappa shape index (κ3) is 4.06. The zero-order chi connectivity index (χ0) is 13.2. The fourth-order valence-corrected chi connectivity index (χ4v) is 1.24. The quantitative estimate of drug-likeness (QED) is 0.639. The van der Waals surface area contributed by atoms with Crippen molar-refractivity contribution in [1.29, 1.82) is 0 Å². The number of halogens is 4. The maximum absolute atomic E-state index is 13.3. The first-order chi connectivity index (χ1) is 7.69. The van der Waals surface area contributed by atoms with E-state index in [1.165, 1.54) is 6.92 Å². The van der Waals surface area contributed by atoms with E-state index in [1.54, 1.807) is 0 Å². The Bertz CT molecular complexity index is 447. The molecule has 0 saturated heterocycles. The molecule has 0 radical (unpaired) electrons. The van der Waals surface area contributed by atoms with Crippen LogP contribution in [0.1, 0.15) is 5.56 Å². The van der Waals surface area contributed by atoms with Gasteiger partial charge in [-0.05, 0) is 30.8 Å². The summed E-state index contributed by atoms with van der Waals surface area (Å²) in [6.07, 6.45) is -4.94. The van der Waals surface area contributed by atoms with Crippen LogP contribution in [-0.2, 0) is 0 Å². The highest BCUT2D eigenvalue weighted by atomic mass is 32.1. The molecule has 0 atom stereocenters. The van der Waals surface area contributed by atoms with Crippen LogP contribution in [0.5, 0.6) is 5.75 Å². The number of hydrogen-bond donors (Lipinski definition) is 2. The van der Waals surface area contributed by atoms with Crippen LogP contribution in [0.4, 0.5) is 23.2 Å². The van der Waals surface area contributed by atoms with Crippen molar-refractivity contribution in [2.24, 2.45) is 5.73 Å². The van der Waals surface area contributed by atoms with E-state index in [0.717, 1.165) is 12.1 Å². The van der Waals surface area contributed by atoms with Gasteiger partial charge in [0.1, 0.15) is 0 Å². The molecule has 1 aromatic carbocycles. The van der Waals surface area contributed by atoms with E-state index < -0.39 is 17.9 Å². The Morgan fingerprint density at radius 1 is 1.41 bits per heavy atom. The third-order valence-electron chi connectivity index (χ3n) is 1.76. The molecule has 1 rings (SSSR count). The first kappa shape index (κ1) is 13.5. The molecule has 0 aliphatic rings. The van der Waals surface area contributed by atoms with Crippen LogP contribution in [0, 0.1) is 12.7 Å². The summed E-state index contributed by atoms with van der Waals surface area (Å²) in [5, 5.41) is 2.32. The largest absolute Gasteiger partial charge is 0.573 e. The van der Waals surface area contributed by atoms with E-state index in [2.05, 4.69) is 22.3 Å². The smallest absolute Gasteiger partial charge is 0.403 e. The van der Waals surface area contributed by atoms with Crippen LogP contribution in [0.3, 0.4) is 0 Å². The minimum atomic E-state index is -4.94. The molecule has 0 unspecified atom stereocenters. The van der Waals surface area contributed by atoms with Crippen LogP contribution in [0.25, 0.3) is 0 Å². The highest BCUT2D eigenvalue weighted by molar-refractivity contribution is 7.80. The van der Waals surface area contributed by atoms with Gasteiger partial charge in [-0.25, -0.2) is 4.39 Å². The molecule has 0 aliphatic heterocycles. The van der Waals surface area contributed by atoms with Crippen LogP contribution >= 0.6 is 12.2 Å². The lowest BCUT2D eigenvalue weighted by Crippen LogP contribution is -2.20. The third-order valence-corrected chi connectivity index (χ3v) is 1.86. The van der Waals surface area contributed by atoms with Crippen molar-refractivity contribution in [3.05, 3.63) is 23.5 Å². The summed E-state index contributed by atoms with van der Waals surface area (Å²) < 4.78 is 52.5. The Morgan fingerprint density at radius 2 is 2.00 bits per heavy atom. The van der Waals surface area contributed by atoms with Gasteiger partial charge in [-0.1, -0.05) is 0 Å². The van der Waals surface area contributed by atoms with Gasteiger partial charge in [0.05, 0.1) is 0 Å². The molecule has 3 N–H and O–H groups in total. The van der Waals surface area contributed by atoms with Crippen molar-refractivity contribution >= 4 is 23.0 Å². The number of aryl methyl sites for hydroxylation is 1. The average molecular weight is 268 g/mol. The Balaban J connectivity index is 3.05. The maximum Gasteiger partial charge on any atom is 0.573 e. The summed E-state index contributed by atoms with van der Waals surface area (Å²) in [5.74, 6) is -2.06. The normalized spacial score (nSPS) is 11.1. The van der Waals surface area contributed by atoms with Crippen molar-refractivity contribution in [3.8, 4) is 5.75 Å². The van der Waals surface area contributed by atoms with Gasteiger partial charge in [0, 0.05) is 11.8 Å². The molecule has 0 saturated carbocycles. The lowest BCUT2D eigenvalue weighted by atomic mass is 10.2. The van der Waals surface area contributed by atoms with Crippen molar-refractivity contribution < 1.29 is 22.3 Å². The Morgan fingerprint density at radius 3 is 2.47 bits per heavy atom. The zero-order valence-electron chi connectivity index (χ0n) is 8.56. The first-order valence-corrected chi connectivity index (χ1v) is 4.72. The van der Waals surface area contributed by atoms with Gasteiger partial charge in [-0.3, -0.25) is 0 Å². The SMILES string of the molecule is Cc1cc(OC(F)(F)F)c(F)cc1NC(N)=S. The van der Waals surface area contributed by atoms with Gasteiger partial charge in [-0.2, -0.15) is 0 Å². The molecular weight excluding hydrogens is 260 g/mol. The number of benzene rings is 1. The number of ether oxygens (including phenoxy) is 1. The van der Waals surface area contributed by atoms with Gasteiger partial charge in [0.25, 0.3) is 0 Å². The summed E-state index contributed by atoms with van der Waals surface area (Å²) in [7, 11) is 0. The molecule has 8 heteroatoms. The predicted molar refractivity (Wildman–Crippen MR) is 58.2 cm³/mol. The van der Waals surface area contributed by atoms with E-state index in [-0.39, 0.29) is 10.8 Å². The molecule has 3 nitrogen and oxygen atoms in total. The highest BCUT2D eigenvalue weighted by Gasteiger charge is 2.32. The minimum Gasteiger partial charge on any atom is -0.403 e. The topological polar surface area (TPSA) is 47.3 Å². The van der Waals surface area contributed by atoms with Crippen LogP contribution in [0.2, 0.25) is 0 Å². The lowest BCUT2D eigenvalue weighted by Gasteiger charge is -2.13. The van der Waals surface area contributed by atoms with Crippen LogP contribution < -0.4 is 15.8 Å². The lowest BCUT2D eigenvalue weighted by molar-refractivity contribution is -0.275. The first-order valence-electron chi connectivity index (χ1n) is 4.31. The summed E-state index contributed by atoms with van der Waals surface area (Å²) >= 11 is 4.53. The molecule has 1 aromatic rings. The van der Waals surface area contributed by atoms with E-state index in [9.17, 15) is 17.6 Å². The number of thiocarbonyl (C=S) groups is 1.